The van der Waals surface area contributed by atoms with Gasteiger partial charge in [-0.3, -0.25) is 4.79 Å². The lowest BCUT2D eigenvalue weighted by atomic mass is 9.94. The van der Waals surface area contributed by atoms with Crippen LogP contribution in [0.5, 0.6) is 0 Å². The van der Waals surface area contributed by atoms with Crippen molar-refractivity contribution < 1.29 is 4.79 Å². The molecule has 1 fully saturated rings. The second-order valence-electron chi connectivity index (χ2n) is 3.76. The molecular formula is C12H19NO. The van der Waals surface area contributed by atoms with E-state index in [1.165, 1.54) is 0 Å². The number of allylic oxidation sites excluding steroid dienone is 2. The van der Waals surface area contributed by atoms with E-state index >= 15 is 0 Å². The third-order valence-electron chi connectivity index (χ3n) is 2.92. The van der Waals surface area contributed by atoms with E-state index in [-0.39, 0.29) is 0 Å². The maximum absolute atomic E-state index is 10.8. The molecular weight excluding hydrogens is 174 g/mol. The van der Waals surface area contributed by atoms with Crippen LogP contribution in [0, 0.1) is 5.92 Å². The van der Waals surface area contributed by atoms with Crippen LogP contribution < -0.4 is 0 Å². The summed E-state index contributed by atoms with van der Waals surface area (Å²) in [6, 6.07) is 0.376. The van der Waals surface area contributed by atoms with Crippen molar-refractivity contribution in [3.63, 3.8) is 0 Å². The second kappa shape index (κ2) is 5.63. The molecule has 1 rings (SSSR count). The minimum Gasteiger partial charge on any atom is -0.342 e. The van der Waals surface area contributed by atoms with Crippen LogP contribution in [0.4, 0.5) is 0 Å². The van der Waals surface area contributed by atoms with Crippen molar-refractivity contribution in [1.82, 2.24) is 4.90 Å². The van der Waals surface area contributed by atoms with Gasteiger partial charge in [-0.15, -0.1) is 6.58 Å². The maximum Gasteiger partial charge on any atom is 0.209 e. The van der Waals surface area contributed by atoms with Crippen LogP contribution in [0.15, 0.2) is 24.8 Å². The van der Waals surface area contributed by atoms with Gasteiger partial charge >= 0.3 is 0 Å². The molecule has 0 aromatic carbocycles. The van der Waals surface area contributed by atoms with E-state index in [4.69, 9.17) is 0 Å². The minimum absolute atomic E-state index is 0.376. The third kappa shape index (κ3) is 2.47. The van der Waals surface area contributed by atoms with Gasteiger partial charge in [0.05, 0.1) is 0 Å². The van der Waals surface area contributed by atoms with Crippen molar-refractivity contribution in [2.45, 2.75) is 32.2 Å². The van der Waals surface area contributed by atoms with Gasteiger partial charge in [0.1, 0.15) is 0 Å². The highest BCUT2D eigenvalue weighted by Crippen LogP contribution is 2.25. The molecule has 2 heteroatoms. The Morgan fingerprint density at radius 2 is 2.43 bits per heavy atom. The SMILES string of the molecule is C=CC(C/C=C\C)C1CCCN1C=O. The van der Waals surface area contributed by atoms with Gasteiger partial charge in [-0.1, -0.05) is 18.2 Å². The van der Waals surface area contributed by atoms with Crippen LogP contribution in [0.1, 0.15) is 26.2 Å². The largest absolute Gasteiger partial charge is 0.342 e. The predicted octanol–water partition coefficient (Wildman–Crippen LogP) is 2.38. The summed E-state index contributed by atoms with van der Waals surface area (Å²) in [7, 11) is 0. The van der Waals surface area contributed by atoms with Crippen molar-refractivity contribution in [3.8, 4) is 0 Å². The molecule has 0 aromatic heterocycles. The number of rotatable bonds is 5. The minimum atomic E-state index is 0.376. The van der Waals surface area contributed by atoms with E-state index in [0.717, 1.165) is 32.2 Å². The molecule has 0 bridgehead atoms. The topological polar surface area (TPSA) is 20.3 Å². The first kappa shape index (κ1) is 11.0. The van der Waals surface area contributed by atoms with Crippen molar-refractivity contribution >= 4 is 6.41 Å². The van der Waals surface area contributed by atoms with Crippen LogP contribution in [-0.4, -0.2) is 23.9 Å². The molecule has 1 heterocycles. The molecule has 0 spiro atoms. The zero-order valence-electron chi connectivity index (χ0n) is 8.86. The average Bonchev–Trinajstić information content (AvgIpc) is 2.67. The van der Waals surface area contributed by atoms with Crippen LogP contribution in [0.3, 0.4) is 0 Å². The molecule has 0 aromatic rings. The highest BCUT2D eigenvalue weighted by atomic mass is 16.1. The summed E-state index contributed by atoms with van der Waals surface area (Å²) in [4.78, 5) is 12.7. The lowest BCUT2D eigenvalue weighted by Crippen LogP contribution is -2.33. The monoisotopic (exact) mass is 193 g/mol. The van der Waals surface area contributed by atoms with E-state index < -0.39 is 0 Å². The molecule has 2 atom stereocenters. The summed E-state index contributed by atoms with van der Waals surface area (Å²) in [5.41, 5.74) is 0. The number of hydrogen-bond donors (Lipinski definition) is 0. The van der Waals surface area contributed by atoms with E-state index in [2.05, 4.69) is 18.7 Å². The summed E-state index contributed by atoms with van der Waals surface area (Å²) >= 11 is 0. The number of hydrogen-bond acceptors (Lipinski definition) is 1. The molecule has 0 N–H and O–H groups in total. The molecule has 0 saturated carbocycles. The molecule has 2 unspecified atom stereocenters. The molecule has 0 aliphatic carbocycles. The first-order chi connectivity index (χ1) is 6.83. The molecule has 1 aliphatic rings. The summed E-state index contributed by atoms with van der Waals surface area (Å²) < 4.78 is 0. The van der Waals surface area contributed by atoms with Crippen molar-refractivity contribution in [3.05, 3.63) is 24.8 Å². The number of carbonyl (C=O) groups is 1. The van der Waals surface area contributed by atoms with Gasteiger partial charge in [0.25, 0.3) is 0 Å². The molecule has 1 saturated heterocycles. The van der Waals surface area contributed by atoms with Gasteiger partial charge in [-0.25, -0.2) is 0 Å². The normalized spacial score (nSPS) is 24.1. The Labute approximate surface area is 86.3 Å². The van der Waals surface area contributed by atoms with Crippen LogP contribution in [0.2, 0.25) is 0 Å². The van der Waals surface area contributed by atoms with Gasteiger partial charge in [0.2, 0.25) is 6.41 Å². The van der Waals surface area contributed by atoms with Gasteiger partial charge in [0, 0.05) is 18.5 Å². The first-order valence-corrected chi connectivity index (χ1v) is 5.28. The van der Waals surface area contributed by atoms with E-state index in [1.54, 1.807) is 0 Å². The summed E-state index contributed by atoms with van der Waals surface area (Å²) in [6.07, 6.45) is 10.4. The summed E-state index contributed by atoms with van der Waals surface area (Å²) in [6.45, 7) is 6.78. The highest BCUT2D eigenvalue weighted by molar-refractivity contribution is 5.48. The van der Waals surface area contributed by atoms with Gasteiger partial charge in [-0.2, -0.15) is 0 Å². The molecule has 14 heavy (non-hydrogen) atoms. The van der Waals surface area contributed by atoms with Gasteiger partial charge in [0.15, 0.2) is 0 Å². The zero-order valence-corrected chi connectivity index (χ0v) is 8.86. The Bertz CT molecular complexity index is 222. The fourth-order valence-corrected chi connectivity index (χ4v) is 2.11. The van der Waals surface area contributed by atoms with Crippen molar-refractivity contribution in [2.24, 2.45) is 5.92 Å². The van der Waals surface area contributed by atoms with E-state index in [1.807, 2.05) is 17.9 Å². The summed E-state index contributed by atoms with van der Waals surface area (Å²) in [5.74, 6) is 0.416. The Balaban J connectivity index is 2.58. The zero-order chi connectivity index (χ0) is 10.4. The number of amides is 1. The average molecular weight is 193 g/mol. The Hall–Kier alpha value is -1.05. The number of carbonyl (C=O) groups excluding carboxylic acids is 1. The van der Waals surface area contributed by atoms with Gasteiger partial charge < -0.3 is 4.90 Å². The van der Waals surface area contributed by atoms with Crippen LogP contribution in [0.25, 0.3) is 0 Å². The maximum atomic E-state index is 10.8. The fraction of sp³-hybridized carbons (Fsp3) is 0.583. The Morgan fingerprint density at radius 3 is 3.00 bits per heavy atom. The lowest BCUT2D eigenvalue weighted by molar-refractivity contribution is -0.119. The molecule has 1 aliphatic heterocycles. The number of nitrogens with zero attached hydrogens (tertiary/aromatic N) is 1. The Morgan fingerprint density at radius 1 is 1.64 bits per heavy atom. The third-order valence-corrected chi connectivity index (χ3v) is 2.92. The van der Waals surface area contributed by atoms with E-state index in [0.29, 0.717) is 12.0 Å². The van der Waals surface area contributed by atoms with Crippen LogP contribution in [-0.2, 0) is 4.79 Å². The quantitative estimate of drug-likeness (QED) is 0.485. The van der Waals surface area contributed by atoms with Crippen molar-refractivity contribution in [2.75, 3.05) is 6.54 Å². The highest BCUT2D eigenvalue weighted by Gasteiger charge is 2.28. The smallest absolute Gasteiger partial charge is 0.209 e. The van der Waals surface area contributed by atoms with Gasteiger partial charge in [-0.05, 0) is 26.2 Å². The summed E-state index contributed by atoms with van der Waals surface area (Å²) in [5, 5.41) is 0. The molecule has 0 radical (unpaired) electrons. The predicted molar refractivity (Wildman–Crippen MR) is 58.9 cm³/mol. The lowest BCUT2D eigenvalue weighted by Gasteiger charge is -2.26. The molecule has 1 amide bonds. The second-order valence-corrected chi connectivity index (χ2v) is 3.76. The van der Waals surface area contributed by atoms with Crippen LogP contribution >= 0.6 is 0 Å². The van der Waals surface area contributed by atoms with E-state index in [9.17, 15) is 4.79 Å². The van der Waals surface area contributed by atoms with Crippen molar-refractivity contribution in [1.29, 1.82) is 0 Å². The standard InChI is InChI=1S/C12H19NO/c1-3-5-7-11(4-2)12-8-6-9-13(12)10-14/h3-5,10-12H,2,6-9H2,1H3/b5-3-. The number of likely N-dealkylation sites (tertiary alicyclic amines) is 1. The first-order valence-electron chi connectivity index (χ1n) is 5.28. The fourth-order valence-electron chi connectivity index (χ4n) is 2.11. The Kier molecular flexibility index (Phi) is 4.44. The molecule has 2 nitrogen and oxygen atoms in total. The molecule has 78 valence electrons.